The van der Waals surface area contributed by atoms with Crippen molar-refractivity contribution < 1.29 is 28.6 Å². The molecule has 1 unspecified atom stereocenters. The summed E-state index contributed by atoms with van der Waals surface area (Å²) in [5.41, 5.74) is 0. The van der Waals surface area contributed by atoms with Gasteiger partial charge in [-0.1, -0.05) is 345 Å². The molecule has 0 aliphatic rings. The van der Waals surface area contributed by atoms with Crippen molar-refractivity contribution in [1.29, 1.82) is 0 Å². The van der Waals surface area contributed by atoms with Crippen molar-refractivity contribution in [3.8, 4) is 0 Å². The Morgan fingerprint density at radius 1 is 0.244 bits per heavy atom. The van der Waals surface area contributed by atoms with E-state index in [2.05, 4.69) is 69.4 Å². The maximum absolute atomic E-state index is 13.0. The van der Waals surface area contributed by atoms with Gasteiger partial charge >= 0.3 is 17.9 Å². The van der Waals surface area contributed by atoms with E-state index in [4.69, 9.17) is 14.2 Å². The molecule has 6 nitrogen and oxygen atoms in total. The summed E-state index contributed by atoms with van der Waals surface area (Å²) >= 11 is 0. The van der Waals surface area contributed by atoms with Crippen molar-refractivity contribution in [2.24, 2.45) is 0 Å². The molecule has 6 heteroatoms. The zero-order chi connectivity index (χ0) is 59.2. The summed E-state index contributed by atoms with van der Waals surface area (Å²) in [6.45, 7) is 6.69. The number of rotatable bonds is 68. The summed E-state index contributed by atoms with van der Waals surface area (Å²) < 4.78 is 17.0. The van der Waals surface area contributed by atoms with Crippen molar-refractivity contribution in [3.05, 3.63) is 48.6 Å². The molecule has 0 fully saturated rings. The number of esters is 3. The van der Waals surface area contributed by atoms with E-state index in [0.29, 0.717) is 19.3 Å². The predicted octanol–water partition coefficient (Wildman–Crippen LogP) is 25.3. The lowest BCUT2D eigenvalue weighted by Crippen LogP contribution is -2.30. The summed E-state index contributed by atoms with van der Waals surface area (Å²) in [5, 5.41) is 0. The van der Waals surface area contributed by atoms with Gasteiger partial charge in [0.1, 0.15) is 13.2 Å². The smallest absolute Gasteiger partial charge is 0.306 e. The topological polar surface area (TPSA) is 78.9 Å². The number of hydrogen-bond donors (Lipinski definition) is 0. The van der Waals surface area contributed by atoms with Crippen molar-refractivity contribution in [2.75, 3.05) is 13.2 Å². The largest absolute Gasteiger partial charge is 0.462 e. The third-order valence-corrected chi connectivity index (χ3v) is 16.6. The Morgan fingerprint density at radius 2 is 0.439 bits per heavy atom. The first kappa shape index (κ1) is 79.4. The van der Waals surface area contributed by atoms with Crippen LogP contribution in [0.4, 0.5) is 0 Å². The Labute approximate surface area is 511 Å². The van der Waals surface area contributed by atoms with Gasteiger partial charge in [-0.3, -0.25) is 14.4 Å². The molecule has 0 aliphatic heterocycles. The number of carbonyl (C=O) groups is 3. The van der Waals surface area contributed by atoms with Gasteiger partial charge < -0.3 is 14.2 Å². The van der Waals surface area contributed by atoms with E-state index in [1.165, 1.54) is 289 Å². The number of allylic oxidation sites excluding steroid dienone is 8. The molecule has 0 radical (unpaired) electrons. The second-order valence-corrected chi connectivity index (χ2v) is 24.9. The summed E-state index contributed by atoms with van der Waals surface area (Å²) in [7, 11) is 0. The van der Waals surface area contributed by atoms with Crippen molar-refractivity contribution in [2.45, 2.75) is 406 Å². The lowest BCUT2D eigenvalue weighted by Gasteiger charge is -2.18. The lowest BCUT2D eigenvalue weighted by atomic mass is 10.0. The van der Waals surface area contributed by atoms with Gasteiger partial charge in [0.25, 0.3) is 0 Å². The molecule has 0 N–H and O–H groups in total. The van der Waals surface area contributed by atoms with Gasteiger partial charge in [0.05, 0.1) is 0 Å². The molecule has 0 amide bonds. The third kappa shape index (κ3) is 68.2. The maximum Gasteiger partial charge on any atom is 0.306 e. The average Bonchev–Trinajstić information content (AvgIpc) is 3.47. The number of unbranched alkanes of at least 4 members (excludes halogenated alkanes) is 49. The quantitative estimate of drug-likeness (QED) is 0.0261. The Balaban J connectivity index is 4.29. The summed E-state index contributed by atoms with van der Waals surface area (Å²) in [6.07, 6.45) is 89.9. The van der Waals surface area contributed by atoms with E-state index in [1.807, 2.05) is 0 Å². The van der Waals surface area contributed by atoms with Crippen LogP contribution in [0.2, 0.25) is 0 Å². The van der Waals surface area contributed by atoms with Gasteiger partial charge in [0.2, 0.25) is 0 Å². The molecule has 0 spiro atoms. The molecule has 0 aromatic carbocycles. The monoisotopic (exact) mass is 1150 g/mol. The van der Waals surface area contributed by atoms with E-state index in [9.17, 15) is 14.4 Å². The molecule has 0 saturated carbocycles. The standard InChI is InChI=1S/C76H140O6/c1-4-7-10-13-16-19-22-25-28-31-33-35-37-38-40-41-43-45-48-51-54-57-60-63-66-69-75(78)81-72-73(71-80-74(77)68-65-62-59-56-53-50-47-30-27-24-21-18-15-12-9-6-3)82-76(79)70-67-64-61-58-55-52-49-46-44-42-39-36-34-32-29-26-23-20-17-14-11-8-5-2/h22-23,25-26,31-34,73H,4-21,24,27-30,35-72H2,1-3H3/b25-22-,26-23-,33-31-,34-32-. The van der Waals surface area contributed by atoms with Gasteiger partial charge in [0, 0.05) is 19.3 Å². The van der Waals surface area contributed by atoms with E-state index in [-0.39, 0.29) is 31.1 Å². The van der Waals surface area contributed by atoms with Crippen molar-refractivity contribution in [1.82, 2.24) is 0 Å². The first-order chi connectivity index (χ1) is 40.5. The third-order valence-electron chi connectivity index (χ3n) is 16.6. The highest BCUT2D eigenvalue weighted by Crippen LogP contribution is 2.18. The number of ether oxygens (including phenoxy) is 3. The Kier molecular flexibility index (Phi) is 68.6. The van der Waals surface area contributed by atoms with Gasteiger partial charge in [-0.15, -0.1) is 0 Å². The molecule has 0 aromatic rings. The summed E-state index contributed by atoms with van der Waals surface area (Å²) in [5.74, 6) is -0.842. The average molecular weight is 1150 g/mol. The van der Waals surface area contributed by atoms with Gasteiger partial charge in [-0.2, -0.15) is 0 Å². The molecule has 0 aromatic heterocycles. The summed E-state index contributed by atoms with van der Waals surface area (Å²) in [4.78, 5) is 38.5. The normalized spacial score (nSPS) is 12.3. The van der Waals surface area contributed by atoms with Crippen molar-refractivity contribution in [3.63, 3.8) is 0 Å². The van der Waals surface area contributed by atoms with Crippen LogP contribution in [0.15, 0.2) is 48.6 Å². The van der Waals surface area contributed by atoms with Crippen LogP contribution in [0.25, 0.3) is 0 Å². The molecular weight excluding hydrogens is 1010 g/mol. The van der Waals surface area contributed by atoms with Crippen LogP contribution in [0, 0.1) is 0 Å². The molecular formula is C76H140O6. The fraction of sp³-hybridized carbons (Fsp3) is 0.855. The molecule has 82 heavy (non-hydrogen) atoms. The van der Waals surface area contributed by atoms with Gasteiger partial charge in [0.15, 0.2) is 6.10 Å². The van der Waals surface area contributed by atoms with E-state index >= 15 is 0 Å². The fourth-order valence-electron chi connectivity index (χ4n) is 11.0. The molecule has 480 valence electrons. The summed E-state index contributed by atoms with van der Waals surface area (Å²) in [6, 6.07) is 0. The Morgan fingerprint density at radius 3 is 0.671 bits per heavy atom. The molecule has 0 aliphatic carbocycles. The minimum Gasteiger partial charge on any atom is -0.462 e. The zero-order valence-electron chi connectivity index (χ0n) is 55.3. The molecule has 1 atom stereocenters. The SMILES string of the molecule is CCCCCCC/C=C\C/C=C\CCCCCCCCCCCCCCCC(=O)OCC(COC(=O)CCCCCCCCCCCCCCCCCC)OC(=O)CCCCCCCCCCCCC/C=C\C/C=C\CCCCCCC. The Bertz CT molecular complexity index is 1410. The van der Waals surface area contributed by atoms with Crippen LogP contribution in [-0.4, -0.2) is 37.2 Å². The molecule has 0 heterocycles. The first-order valence-corrected chi connectivity index (χ1v) is 36.6. The zero-order valence-corrected chi connectivity index (χ0v) is 55.3. The second kappa shape index (κ2) is 70.9. The highest BCUT2D eigenvalue weighted by Gasteiger charge is 2.19. The molecule has 0 saturated heterocycles. The lowest BCUT2D eigenvalue weighted by molar-refractivity contribution is -0.167. The van der Waals surface area contributed by atoms with Crippen LogP contribution in [0.5, 0.6) is 0 Å². The van der Waals surface area contributed by atoms with Gasteiger partial charge in [-0.05, 0) is 83.5 Å². The highest BCUT2D eigenvalue weighted by atomic mass is 16.6. The predicted molar refractivity (Wildman–Crippen MR) is 358 cm³/mol. The van der Waals surface area contributed by atoms with Crippen LogP contribution >= 0.6 is 0 Å². The number of hydrogen-bond acceptors (Lipinski definition) is 6. The number of carbonyl (C=O) groups excluding carboxylic acids is 3. The second-order valence-electron chi connectivity index (χ2n) is 24.9. The van der Waals surface area contributed by atoms with Crippen LogP contribution in [-0.2, 0) is 28.6 Å². The molecule has 0 rings (SSSR count). The maximum atomic E-state index is 13.0. The van der Waals surface area contributed by atoms with Crippen LogP contribution in [0.1, 0.15) is 400 Å². The van der Waals surface area contributed by atoms with Crippen molar-refractivity contribution >= 4 is 17.9 Å². The van der Waals surface area contributed by atoms with Gasteiger partial charge in [-0.25, -0.2) is 0 Å². The van der Waals surface area contributed by atoms with E-state index < -0.39 is 6.10 Å². The minimum absolute atomic E-state index is 0.0688. The van der Waals surface area contributed by atoms with E-state index in [0.717, 1.165) is 70.6 Å². The van der Waals surface area contributed by atoms with Crippen LogP contribution < -0.4 is 0 Å². The highest BCUT2D eigenvalue weighted by molar-refractivity contribution is 5.71. The van der Waals surface area contributed by atoms with Crippen LogP contribution in [0.3, 0.4) is 0 Å². The van der Waals surface area contributed by atoms with E-state index in [1.54, 1.807) is 0 Å². The first-order valence-electron chi connectivity index (χ1n) is 36.6. The fourth-order valence-corrected chi connectivity index (χ4v) is 11.0. The Hall–Kier alpha value is -2.63. The molecule has 0 bridgehead atoms. The minimum atomic E-state index is -0.774.